The van der Waals surface area contributed by atoms with Crippen molar-refractivity contribution >= 4 is 23.5 Å². The van der Waals surface area contributed by atoms with E-state index in [1.165, 1.54) is 40.1 Å². The first-order valence-electron chi connectivity index (χ1n) is 12.9. The maximum atomic E-state index is 14.2. The second-order valence-electron chi connectivity index (χ2n) is 11.0. The molecule has 3 amide bonds. The van der Waals surface area contributed by atoms with Crippen molar-refractivity contribution in [1.82, 2.24) is 29.4 Å². The summed E-state index contributed by atoms with van der Waals surface area (Å²) in [6.07, 6.45) is -2.67. The predicted octanol–water partition coefficient (Wildman–Crippen LogP) is 5.38. The van der Waals surface area contributed by atoms with Gasteiger partial charge in [0, 0.05) is 43.3 Å². The highest BCUT2D eigenvalue weighted by Gasteiger charge is 2.41. The molecule has 0 radical (unpaired) electrons. The lowest BCUT2D eigenvalue weighted by molar-refractivity contribution is -0.156. The van der Waals surface area contributed by atoms with Gasteiger partial charge < -0.3 is 23.7 Å². The van der Waals surface area contributed by atoms with Gasteiger partial charge in [-0.2, -0.15) is 13.2 Å². The summed E-state index contributed by atoms with van der Waals surface area (Å²) in [4.78, 5) is 34.5. The predicted molar refractivity (Wildman–Crippen MR) is 141 cm³/mol. The average molecular weight is 590 g/mol. The summed E-state index contributed by atoms with van der Waals surface area (Å²) >= 11 is 0. The van der Waals surface area contributed by atoms with Crippen LogP contribution in [0.1, 0.15) is 32.4 Å². The van der Waals surface area contributed by atoms with Crippen LogP contribution < -0.4 is 4.90 Å². The van der Waals surface area contributed by atoms with Gasteiger partial charge in [-0.3, -0.25) is 4.90 Å². The smallest absolute Gasteiger partial charge is 0.465 e. The average Bonchev–Trinajstić information content (AvgIpc) is 3.57. The standard InChI is InChI=1S/C27H27F4N7O4/c1-26(2,3)20-15-36(9-10-37(20)25(40)41)24(39)38(19-6-4-5-17(28)12-19)14-18-13-35-8-7-16(11-21(35)32-18)22-33-34-23(42-22)27(29,30)31/h4-8,11-13,20H,9-10,14-15H2,1-3H3,(H,40,41). The molecule has 0 aliphatic carbocycles. The maximum absolute atomic E-state index is 14.2. The van der Waals surface area contributed by atoms with Crippen LogP contribution >= 0.6 is 0 Å². The molecule has 0 bridgehead atoms. The normalized spacial score (nSPS) is 16.2. The summed E-state index contributed by atoms with van der Waals surface area (Å²) in [5.74, 6) is -2.35. The number of carboxylic acid groups (broad SMARTS) is 1. The van der Waals surface area contributed by atoms with E-state index in [0.29, 0.717) is 11.3 Å². The highest BCUT2D eigenvalue weighted by Crippen LogP contribution is 2.32. The number of nitrogens with zero attached hydrogens (tertiary/aromatic N) is 7. The molecule has 0 spiro atoms. The van der Waals surface area contributed by atoms with E-state index in [-0.39, 0.29) is 43.3 Å². The van der Waals surface area contributed by atoms with Crippen LogP contribution in [0.25, 0.3) is 17.1 Å². The monoisotopic (exact) mass is 589 g/mol. The van der Waals surface area contributed by atoms with Crippen molar-refractivity contribution in [1.29, 1.82) is 0 Å². The zero-order chi connectivity index (χ0) is 30.4. The molecule has 11 nitrogen and oxygen atoms in total. The Labute approximate surface area is 237 Å². The summed E-state index contributed by atoms with van der Waals surface area (Å²) in [6.45, 7) is 6.01. The van der Waals surface area contributed by atoms with E-state index in [9.17, 15) is 32.3 Å². The molecule has 1 aliphatic heterocycles. The van der Waals surface area contributed by atoms with E-state index in [4.69, 9.17) is 4.42 Å². The Balaban J connectivity index is 1.44. The zero-order valence-electron chi connectivity index (χ0n) is 22.8. The van der Waals surface area contributed by atoms with Crippen LogP contribution in [0.3, 0.4) is 0 Å². The summed E-state index contributed by atoms with van der Waals surface area (Å²) in [7, 11) is 0. The molecule has 3 aromatic heterocycles. The lowest BCUT2D eigenvalue weighted by Crippen LogP contribution is -2.62. The minimum Gasteiger partial charge on any atom is -0.465 e. The minimum atomic E-state index is -4.78. The molecule has 42 heavy (non-hydrogen) atoms. The first kappa shape index (κ1) is 28.8. The van der Waals surface area contributed by atoms with E-state index < -0.39 is 41.5 Å². The van der Waals surface area contributed by atoms with Gasteiger partial charge in [0.15, 0.2) is 0 Å². The molecule has 15 heteroatoms. The van der Waals surface area contributed by atoms with Crippen molar-refractivity contribution in [3.63, 3.8) is 0 Å². The Kier molecular flexibility index (Phi) is 7.28. The Morgan fingerprint density at radius 2 is 1.88 bits per heavy atom. The number of urea groups is 1. The number of halogens is 4. The van der Waals surface area contributed by atoms with Crippen molar-refractivity contribution in [2.75, 3.05) is 24.5 Å². The third-order valence-corrected chi connectivity index (χ3v) is 6.99. The molecule has 4 aromatic rings. The molecule has 1 aromatic carbocycles. The van der Waals surface area contributed by atoms with Crippen LogP contribution in [0.4, 0.5) is 32.8 Å². The number of fused-ring (bicyclic) bond motifs is 1. The van der Waals surface area contributed by atoms with Crippen LogP contribution in [-0.2, 0) is 12.7 Å². The lowest BCUT2D eigenvalue weighted by Gasteiger charge is -2.46. The van der Waals surface area contributed by atoms with Crippen LogP contribution in [-0.4, -0.2) is 72.3 Å². The summed E-state index contributed by atoms with van der Waals surface area (Å²) in [6, 6.07) is 7.54. The zero-order valence-corrected chi connectivity index (χ0v) is 22.8. The number of amides is 3. The van der Waals surface area contributed by atoms with E-state index in [2.05, 4.69) is 15.2 Å². The topological polar surface area (TPSA) is 120 Å². The van der Waals surface area contributed by atoms with Gasteiger partial charge in [-0.05, 0) is 35.7 Å². The molecule has 1 N–H and O–H groups in total. The number of hydrogen-bond acceptors (Lipinski definition) is 6. The second-order valence-corrected chi connectivity index (χ2v) is 11.0. The number of piperazine rings is 1. The van der Waals surface area contributed by atoms with Crippen LogP contribution in [0.2, 0.25) is 0 Å². The van der Waals surface area contributed by atoms with Crippen molar-refractivity contribution in [2.24, 2.45) is 5.41 Å². The quantitative estimate of drug-likeness (QED) is 0.318. The molecule has 1 fully saturated rings. The van der Waals surface area contributed by atoms with Crippen LogP contribution in [0, 0.1) is 11.2 Å². The van der Waals surface area contributed by atoms with Gasteiger partial charge in [0.05, 0.1) is 18.3 Å². The van der Waals surface area contributed by atoms with Gasteiger partial charge in [0.25, 0.3) is 0 Å². The highest BCUT2D eigenvalue weighted by molar-refractivity contribution is 5.92. The molecule has 4 heterocycles. The molecule has 1 aliphatic rings. The fourth-order valence-electron chi connectivity index (χ4n) is 4.87. The second kappa shape index (κ2) is 10.6. The van der Waals surface area contributed by atoms with E-state index in [0.717, 1.165) is 0 Å². The number of alkyl halides is 3. The third-order valence-electron chi connectivity index (χ3n) is 6.99. The van der Waals surface area contributed by atoms with Gasteiger partial charge in [0.1, 0.15) is 11.5 Å². The summed E-state index contributed by atoms with van der Waals surface area (Å²) in [5.41, 5.74) is 0.771. The largest absolute Gasteiger partial charge is 0.470 e. The number of hydrogen-bond donors (Lipinski definition) is 1. The number of anilines is 1. The molecule has 1 atom stereocenters. The van der Waals surface area contributed by atoms with Crippen LogP contribution in [0.5, 0.6) is 0 Å². The lowest BCUT2D eigenvalue weighted by atomic mass is 9.84. The summed E-state index contributed by atoms with van der Waals surface area (Å²) in [5, 5.41) is 16.2. The van der Waals surface area contributed by atoms with Crippen molar-refractivity contribution < 1.29 is 36.7 Å². The van der Waals surface area contributed by atoms with E-state index >= 15 is 0 Å². The first-order chi connectivity index (χ1) is 19.7. The van der Waals surface area contributed by atoms with Gasteiger partial charge in [-0.25, -0.2) is 19.0 Å². The fourth-order valence-corrected chi connectivity index (χ4v) is 4.87. The maximum Gasteiger partial charge on any atom is 0.470 e. The summed E-state index contributed by atoms with van der Waals surface area (Å²) < 4.78 is 59.3. The number of imidazole rings is 1. The molecule has 222 valence electrons. The van der Waals surface area contributed by atoms with Crippen molar-refractivity contribution in [3.8, 4) is 11.5 Å². The number of rotatable bonds is 4. The third kappa shape index (κ3) is 5.85. The number of pyridine rings is 1. The first-order valence-corrected chi connectivity index (χ1v) is 12.9. The Morgan fingerprint density at radius 1 is 1.12 bits per heavy atom. The van der Waals surface area contributed by atoms with E-state index in [1.54, 1.807) is 27.8 Å². The van der Waals surface area contributed by atoms with Gasteiger partial charge in [0.2, 0.25) is 5.89 Å². The molecular weight excluding hydrogens is 562 g/mol. The van der Waals surface area contributed by atoms with Crippen molar-refractivity contribution in [2.45, 2.75) is 39.5 Å². The van der Waals surface area contributed by atoms with Gasteiger partial charge >= 0.3 is 24.2 Å². The molecule has 5 rings (SSSR count). The fraction of sp³-hybridized carbons (Fsp3) is 0.370. The number of carbonyl (C=O) groups excluding carboxylic acids is 1. The minimum absolute atomic E-state index is 0.0720. The van der Waals surface area contributed by atoms with Crippen molar-refractivity contribution in [3.05, 3.63) is 66.2 Å². The Bertz CT molecular complexity index is 1630. The molecule has 1 unspecified atom stereocenters. The van der Waals surface area contributed by atoms with Crippen LogP contribution in [0.15, 0.2) is 53.2 Å². The van der Waals surface area contributed by atoms with Gasteiger partial charge in [-0.15, -0.1) is 10.2 Å². The SMILES string of the molecule is CC(C)(C)C1CN(C(=O)N(Cc2cn3ccc(-c4nnc(C(F)(F)F)o4)cc3n2)c2cccc(F)c2)CCN1C(=O)O. The van der Waals surface area contributed by atoms with Gasteiger partial charge in [-0.1, -0.05) is 26.8 Å². The molecule has 1 saturated heterocycles. The Hall–Kier alpha value is -4.69. The number of carbonyl (C=O) groups is 2. The van der Waals surface area contributed by atoms with E-state index in [1.807, 2.05) is 20.8 Å². The molecule has 0 saturated carbocycles. The highest BCUT2D eigenvalue weighted by atomic mass is 19.4. The molecular formula is C27H27F4N7O4. The number of benzene rings is 1. The number of aromatic nitrogens is 4. The Morgan fingerprint density at radius 3 is 2.52 bits per heavy atom.